The Morgan fingerprint density at radius 1 is 0.525 bits per heavy atom. The van der Waals surface area contributed by atoms with Gasteiger partial charge in [-0.05, 0) is 24.3 Å². The van der Waals surface area contributed by atoms with Crippen LogP contribution in [0.4, 0.5) is 0 Å². The Balaban J connectivity index is 1.55. The minimum absolute atomic E-state index is 1.04. The molecule has 6 heteroatoms. The second-order valence-electron chi connectivity index (χ2n) is 10.2. The normalized spacial score (nSPS) is 12.5. The van der Waals surface area contributed by atoms with Crippen molar-refractivity contribution >= 4 is 116 Å². The first-order valence-corrected chi connectivity index (χ1v) is 15.6. The fraction of sp³-hybridized carbons (Fsp3) is 0. The summed E-state index contributed by atoms with van der Waals surface area (Å²) in [6.07, 6.45) is 3.67. The summed E-state index contributed by atoms with van der Waals surface area (Å²) in [6.45, 7) is 0. The summed E-state index contributed by atoms with van der Waals surface area (Å²) in [6, 6.07) is 33.3. The Hall–Kier alpha value is -4.36. The van der Waals surface area contributed by atoms with Gasteiger partial charge in [0.2, 0.25) is 0 Å². The Labute approximate surface area is 239 Å². The second-order valence-corrected chi connectivity index (χ2v) is 13.3. The van der Waals surface area contributed by atoms with Gasteiger partial charge in [-0.25, -0.2) is 9.97 Å². The van der Waals surface area contributed by atoms with Crippen molar-refractivity contribution < 1.29 is 0 Å². The van der Waals surface area contributed by atoms with E-state index in [2.05, 4.69) is 101 Å². The number of para-hydroxylation sites is 1. The van der Waals surface area contributed by atoms with Gasteiger partial charge in [0.05, 0.1) is 26.1 Å². The maximum absolute atomic E-state index is 4.73. The van der Waals surface area contributed by atoms with Crippen LogP contribution >= 0.6 is 34.0 Å². The standard InChI is InChI=1S/C34H17N3S3/c1-4-12-23-20(9-1)27-28-21-10-3-6-15-26(21)39-32(28)29-22-16-35-17-36-34(22)40-33(29)30(27)37(23)24-13-7-11-19-18-8-2-5-14-25(18)38-31(19)24/h1-17H. The van der Waals surface area contributed by atoms with Crippen LogP contribution in [0.25, 0.3) is 88.1 Å². The first-order chi connectivity index (χ1) is 19.9. The van der Waals surface area contributed by atoms with E-state index < -0.39 is 0 Å². The highest BCUT2D eigenvalue weighted by atomic mass is 32.1. The smallest absolute Gasteiger partial charge is 0.127 e. The highest BCUT2D eigenvalue weighted by Gasteiger charge is 2.25. The molecule has 0 fully saturated rings. The maximum atomic E-state index is 4.73. The Morgan fingerprint density at radius 2 is 1.25 bits per heavy atom. The number of aromatic nitrogens is 3. The third kappa shape index (κ3) is 2.59. The molecule has 0 aliphatic rings. The minimum Gasteiger partial charge on any atom is -0.306 e. The topological polar surface area (TPSA) is 30.7 Å². The van der Waals surface area contributed by atoms with Gasteiger partial charge in [0.15, 0.2) is 0 Å². The van der Waals surface area contributed by atoms with Gasteiger partial charge in [0, 0.05) is 63.4 Å². The number of thiophene rings is 3. The molecule has 0 bridgehead atoms. The van der Waals surface area contributed by atoms with Crippen molar-refractivity contribution in [3.8, 4) is 5.69 Å². The summed E-state index contributed by atoms with van der Waals surface area (Å²) >= 11 is 5.56. The molecule has 5 aromatic carbocycles. The lowest BCUT2D eigenvalue weighted by molar-refractivity contribution is 1.21. The lowest BCUT2D eigenvalue weighted by atomic mass is 10.0. The van der Waals surface area contributed by atoms with Crippen molar-refractivity contribution in [1.82, 2.24) is 14.5 Å². The van der Waals surface area contributed by atoms with Crippen molar-refractivity contribution in [2.45, 2.75) is 0 Å². The Morgan fingerprint density at radius 3 is 2.15 bits per heavy atom. The van der Waals surface area contributed by atoms with Crippen LogP contribution in [0.3, 0.4) is 0 Å². The molecule has 40 heavy (non-hydrogen) atoms. The fourth-order valence-electron chi connectivity index (χ4n) is 6.57. The van der Waals surface area contributed by atoms with E-state index >= 15 is 0 Å². The van der Waals surface area contributed by atoms with Gasteiger partial charge >= 0.3 is 0 Å². The van der Waals surface area contributed by atoms with Crippen LogP contribution in [-0.2, 0) is 0 Å². The van der Waals surface area contributed by atoms with Crippen LogP contribution in [0.1, 0.15) is 0 Å². The summed E-state index contributed by atoms with van der Waals surface area (Å²) < 4.78 is 9.08. The molecule has 5 aromatic heterocycles. The molecule has 0 radical (unpaired) electrons. The number of benzene rings is 5. The largest absolute Gasteiger partial charge is 0.306 e. The van der Waals surface area contributed by atoms with Crippen LogP contribution in [-0.4, -0.2) is 14.5 Å². The van der Waals surface area contributed by atoms with Gasteiger partial charge < -0.3 is 4.57 Å². The molecule has 186 valence electrons. The zero-order valence-electron chi connectivity index (χ0n) is 20.9. The molecule has 0 aliphatic heterocycles. The van der Waals surface area contributed by atoms with E-state index in [0.717, 1.165) is 10.2 Å². The average Bonchev–Trinajstić information content (AvgIpc) is 3.75. The van der Waals surface area contributed by atoms with E-state index in [1.165, 1.54) is 77.9 Å². The van der Waals surface area contributed by atoms with Gasteiger partial charge in [0.1, 0.15) is 11.2 Å². The highest BCUT2D eigenvalue weighted by Crippen LogP contribution is 2.52. The van der Waals surface area contributed by atoms with Crippen molar-refractivity contribution in [3.05, 3.63) is 104 Å². The van der Waals surface area contributed by atoms with Crippen molar-refractivity contribution in [2.75, 3.05) is 0 Å². The minimum atomic E-state index is 1.04. The van der Waals surface area contributed by atoms with Crippen LogP contribution < -0.4 is 0 Å². The molecule has 0 atom stereocenters. The highest BCUT2D eigenvalue weighted by molar-refractivity contribution is 7.30. The number of rotatable bonds is 1. The molecule has 0 saturated carbocycles. The SMILES string of the molecule is c1ccc2c(c1)sc1c(-n3c4ccccc4c4c5c6ccccc6sc5c5c6cncnc6sc5c43)cccc12. The summed E-state index contributed by atoms with van der Waals surface area (Å²) in [5.41, 5.74) is 3.73. The summed E-state index contributed by atoms with van der Waals surface area (Å²) in [4.78, 5) is 10.2. The van der Waals surface area contributed by atoms with Crippen LogP contribution in [0.15, 0.2) is 104 Å². The number of nitrogens with zero attached hydrogens (tertiary/aromatic N) is 3. The third-order valence-electron chi connectivity index (χ3n) is 8.16. The maximum Gasteiger partial charge on any atom is 0.127 e. The molecule has 5 heterocycles. The molecule has 0 amide bonds. The van der Waals surface area contributed by atoms with Gasteiger partial charge in [-0.3, -0.25) is 0 Å². The van der Waals surface area contributed by atoms with Crippen LogP contribution in [0.2, 0.25) is 0 Å². The lowest BCUT2D eigenvalue weighted by Crippen LogP contribution is -1.94. The number of hydrogen-bond donors (Lipinski definition) is 0. The Kier molecular flexibility index (Phi) is 4.10. The predicted molar refractivity (Wildman–Crippen MR) is 175 cm³/mol. The average molecular weight is 564 g/mol. The van der Waals surface area contributed by atoms with Gasteiger partial charge in [-0.15, -0.1) is 34.0 Å². The van der Waals surface area contributed by atoms with Gasteiger partial charge in [-0.1, -0.05) is 66.7 Å². The summed E-state index contributed by atoms with van der Waals surface area (Å²) in [5, 5.41) is 10.3. The molecule has 0 saturated heterocycles. The number of hydrogen-bond acceptors (Lipinski definition) is 5. The van der Waals surface area contributed by atoms with E-state index in [0.29, 0.717) is 0 Å². The molecule has 10 rings (SSSR count). The van der Waals surface area contributed by atoms with E-state index in [-0.39, 0.29) is 0 Å². The third-order valence-corrected chi connectivity index (χ3v) is 11.7. The lowest BCUT2D eigenvalue weighted by Gasteiger charge is -2.10. The number of fused-ring (bicyclic) bond motifs is 15. The monoisotopic (exact) mass is 563 g/mol. The zero-order chi connectivity index (χ0) is 25.9. The van der Waals surface area contributed by atoms with Crippen molar-refractivity contribution in [1.29, 1.82) is 0 Å². The van der Waals surface area contributed by atoms with Gasteiger partial charge in [-0.2, -0.15) is 0 Å². The molecule has 3 nitrogen and oxygen atoms in total. The zero-order valence-corrected chi connectivity index (χ0v) is 23.3. The van der Waals surface area contributed by atoms with E-state index in [9.17, 15) is 0 Å². The molecule has 0 unspecified atom stereocenters. The molecular formula is C34H17N3S3. The fourth-order valence-corrected chi connectivity index (χ4v) is 10.3. The molecule has 0 spiro atoms. The quantitative estimate of drug-likeness (QED) is 0.199. The Bertz CT molecular complexity index is 2670. The molecule has 0 N–H and O–H groups in total. The van der Waals surface area contributed by atoms with Crippen LogP contribution in [0, 0.1) is 0 Å². The van der Waals surface area contributed by atoms with Crippen molar-refractivity contribution in [3.63, 3.8) is 0 Å². The van der Waals surface area contributed by atoms with E-state index in [1.807, 2.05) is 28.9 Å². The molecular weight excluding hydrogens is 547 g/mol. The first kappa shape index (κ1) is 21.5. The van der Waals surface area contributed by atoms with Gasteiger partial charge in [0.25, 0.3) is 0 Å². The predicted octanol–water partition coefficient (Wildman–Crippen LogP) is 10.7. The van der Waals surface area contributed by atoms with Crippen molar-refractivity contribution in [2.24, 2.45) is 0 Å². The second kappa shape index (κ2) is 7.64. The summed E-state index contributed by atoms with van der Waals surface area (Å²) in [7, 11) is 0. The van der Waals surface area contributed by atoms with E-state index in [1.54, 1.807) is 17.7 Å². The molecule has 0 aliphatic carbocycles. The first-order valence-electron chi connectivity index (χ1n) is 13.2. The van der Waals surface area contributed by atoms with E-state index in [4.69, 9.17) is 4.98 Å². The van der Waals surface area contributed by atoms with Crippen LogP contribution in [0.5, 0.6) is 0 Å². The summed E-state index contributed by atoms with van der Waals surface area (Å²) in [5.74, 6) is 0. The molecule has 10 aromatic rings.